The van der Waals surface area contributed by atoms with E-state index in [1.54, 1.807) is 24.3 Å². The summed E-state index contributed by atoms with van der Waals surface area (Å²) in [6.45, 7) is 2.42. The predicted octanol–water partition coefficient (Wildman–Crippen LogP) is 3.53. The van der Waals surface area contributed by atoms with Crippen molar-refractivity contribution < 1.29 is 32.2 Å². The summed E-state index contributed by atoms with van der Waals surface area (Å²) in [5.41, 5.74) is 0. The molecule has 0 aliphatic carbocycles. The Morgan fingerprint density at radius 3 is 2.07 bits per heavy atom. The summed E-state index contributed by atoms with van der Waals surface area (Å²) >= 11 is 0. The average Bonchev–Trinajstić information content (AvgIpc) is 2.69. The number of esters is 2. The largest absolute Gasteiger partial charge is 0.493 e. The lowest BCUT2D eigenvalue weighted by Gasteiger charge is -2.17. The first-order valence-electron chi connectivity index (χ1n) is 8.56. The van der Waals surface area contributed by atoms with Gasteiger partial charge in [0, 0.05) is 30.7 Å². The zero-order chi connectivity index (χ0) is 21.2. The van der Waals surface area contributed by atoms with Crippen LogP contribution in [-0.4, -0.2) is 27.5 Å². The number of methoxy groups -OCH3 is 1. The van der Waals surface area contributed by atoms with Crippen molar-refractivity contribution in [3.8, 4) is 17.2 Å². The van der Waals surface area contributed by atoms with Crippen molar-refractivity contribution in [2.75, 3.05) is 7.11 Å². The van der Waals surface area contributed by atoms with Gasteiger partial charge in [0.05, 0.1) is 16.9 Å². The van der Waals surface area contributed by atoms with E-state index in [9.17, 15) is 18.0 Å². The lowest BCUT2D eigenvalue weighted by molar-refractivity contribution is -0.133. The van der Waals surface area contributed by atoms with Gasteiger partial charge in [0.2, 0.25) is 9.84 Å². The van der Waals surface area contributed by atoms with E-state index < -0.39 is 21.8 Å². The van der Waals surface area contributed by atoms with E-state index in [1.165, 1.54) is 51.3 Å². The Labute approximate surface area is 167 Å². The summed E-state index contributed by atoms with van der Waals surface area (Å²) in [6, 6.07) is 13.7. The molecule has 0 unspecified atom stereocenters. The van der Waals surface area contributed by atoms with Crippen molar-refractivity contribution in [3.63, 3.8) is 0 Å². The molecule has 3 aromatic rings. The highest BCUT2D eigenvalue weighted by atomic mass is 32.2. The van der Waals surface area contributed by atoms with E-state index in [4.69, 9.17) is 14.2 Å². The number of carbonyl (C=O) groups excluding carboxylic acids is 2. The third kappa shape index (κ3) is 3.93. The molecule has 0 aliphatic heterocycles. The fourth-order valence-corrected chi connectivity index (χ4v) is 4.46. The molecule has 29 heavy (non-hydrogen) atoms. The quantitative estimate of drug-likeness (QED) is 0.465. The molecule has 0 heterocycles. The fraction of sp³-hybridized carbons (Fsp3) is 0.143. The van der Waals surface area contributed by atoms with Gasteiger partial charge in [-0.15, -0.1) is 0 Å². The Balaban J connectivity index is 2.43. The van der Waals surface area contributed by atoms with Crippen molar-refractivity contribution in [2.45, 2.75) is 23.6 Å². The zero-order valence-corrected chi connectivity index (χ0v) is 16.8. The molecule has 0 bridgehead atoms. The molecule has 0 radical (unpaired) electrons. The van der Waals surface area contributed by atoms with E-state index in [2.05, 4.69) is 0 Å². The van der Waals surface area contributed by atoms with Gasteiger partial charge in [0.25, 0.3) is 0 Å². The Morgan fingerprint density at radius 1 is 0.828 bits per heavy atom. The highest BCUT2D eigenvalue weighted by Crippen LogP contribution is 2.45. The number of fused-ring (bicyclic) bond motifs is 1. The highest BCUT2D eigenvalue weighted by Gasteiger charge is 2.26. The van der Waals surface area contributed by atoms with Crippen molar-refractivity contribution >= 4 is 32.5 Å². The first kappa shape index (κ1) is 20.3. The number of benzene rings is 3. The van der Waals surface area contributed by atoms with Gasteiger partial charge in [0.15, 0.2) is 11.5 Å². The van der Waals surface area contributed by atoms with Crippen LogP contribution in [0.3, 0.4) is 0 Å². The minimum atomic E-state index is -3.96. The molecule has 150 valence electrons. The summed E-state index contributed by atoms with van der Waals surface area (Å²) < 4.78 is 42.4. The van der Waals surface area contributed by atoms with E-state index in [0.717, 1.165) is 0 Å². The van der Waals surface area contributed by atoms with Crippen LogP contribution in [0.4, 0.5) is 0 Å². The molecule has 3 rings (SSSR count). The van der Waals surface area contributed by atoms with Gasteiger partial charge in [0.1, 0.15) is 5.75 Å². The van der Waals surface area contributed by atoms with Crippen LogP contribution in [0.1, 0.15) is 13.8 Å². The maximum Gasteiger partial charge on any atom is 0.308 e. The van der Waals surface area contributed by atoms with Crippen molar-refractivity contribution in [2.24, 2.45) is 0 Å². The van der Waals surface area contributed by atoms with E-state index in [0.29, 0.717) is 0 Å². The van der Waals surface area contributed by atoms with E-state index >= 15 is 0 Å². The van der Waals surface area contributed by atoms with Crippen LogP contribution < -0.4 is 14.2 Å². The Bertz CT molecular complexity index is 1200. The summed E-state index contributed by atoms with van der Waals surface area (Å²) in [6.07, 6.45) is 0. The zero-order valence-electron chi connectivity index (χ0n) is 16.0. The minimum Gasteiger partial charge on any atom is -0.493 e. The molecule has 0 saturated heterocycles. The minimum absolute atomic E-state index is 0.0182. The van der Waals surface area contributed by atoms with Crippen LogP contribution in [0, 0.1) is 0 Å². The third-order valence-electron chi connectivity index (χ3n) is 4.07. The van der Waals surface area contributed by atoms with Gasteiger partial charge in [-0.3, -0.25) is 9.59 Å². The summed E-state index contributed by atoms with van der Waals surface area (Å²) in [5, 5.41) is 0.372. The lowest BCUT2D eigenvalue weighted by Crippen LogP contribution is -2.09. The molecule has 0 amide bonds. The van der Waals surface area contributed by atoms with Crippen LogP contribution in [0.25, 0.3) is 10.8 Å². The highest BCUT2D eigenvalue weighted by molar-refractivity contribution is 7.91. The molecular formula is C21H18O7S. The van der Waals surface area contributed by atoms with Gasteiger partial charge in [-0.2, -0.15) is 0 Å². The monoisotopic (exact) mass is 414 g/mol. The second kappa shape index (κ2) is 7.92. The van der Waals surface area contributed by atoms with Crippen LogP contribution in [0.2, 0.25) is 0 Å². The fourth-order valence-electron chi connectivity index (χ4n) is 2.95. The van der Waals surface area contributed by atoms with Crippen LogP contribution in [-0.2, 0) is 19.4 Å². The third-order valence-corrected chi connectivity index (χ3v) is 5.88. The van der Waals surface area contributed by atoms with Gasteiger partial charge in [-0.05, 0) is 18.2 Å². The van der Waals surface area contributed by atoms with Gasteiger partial charge < -0.3 is 14.2 Å². The molecule has 0 atom stereocenters. The number of carbonyl (C=O) groups is 2. The normalized spacial score (nSPS) is 11.1. The lowest BCUT2D eigenvalue weighted by atomic mass is 10.1. The Hall–Kier alpha value is -3.39. The van der Waals surface area contributed by atoms with E-state index in [-0.39, 0.29) is 37.8 Å². The standard InChI is InChI=1S/C21H18O7S/c1-13(22)27-17-12-18(26-3)21(28-14(2)23)16-10-7-11-19(20(16)17)29(24,25)15-8-5-4-6-9-15/h4-12H,1-3H3. The average molecular weight is 414 g/mol. The van der Waals surface area contributed by atoms with Gasteiger partial charge >= 0.3 is 11.9 Å². The molecule has 0 saturated carbocycles. The molecule has 3 aromatic carbocycles. The molecule has 7 nitrogen and oxygen atoms in total. The number of rotatable bonds is 5. The van der Waals surface area contributed by atoms with Gasteiger partial charge in [-0.1, -0.05) is 30.3 Å². The van der Waals surface area contributed by atoms with Crippen molar-refractivity contribution in [1.29, 1.82) is 0 Å². The maximum absolute atomic E-state index is 13.3. The molecule has 0 aliphatic rings. The van der Waals surface area contributed by atoms with Crippen LogP contribution in [0.5, 0.6) is 17.2 Å². The maximum atomic E-state index is 13.3. The molecule has 0 aromatic heterocycles. The van der Waals surface area contributed by atoms with E-state index in [1.807, 2.05) is 0 Å². The first-order valence-corrected chi connectivity index (χ1v) is 10.0. The number of hydrogen-bond acceptors (Lipinski definition) is 7. The summed E-state index contributed by atoms with van der Waals surface area (Å²) in [5.74, 6) is -1.11. The molecular weight excluding hydrogens is 396 g/mol. The Kier molecular flexibility index (Phi) is 5.56. The molecule has 0 spiro atoms. The van der Waals surface area contributed by atoms with Crippen LogP contribution >= 0.6 is 0 Å². The van der Waals surface area contributed by atoms with Crippen molar-refractivity contribution in [3.05, 3.63) is 54.6 Å². The number of hydrogen-bond donors (Lipinski definition) is 0. The predicted molar refractivity (Wildman–Crippen MR) is 105 cm³/mol. The second-order valence-corrected chi connectivity index (χ2v) is 8.01. The second-order valence-electron chi connectivity index (χ2n) is 6.09. The molecule has 0 fully saturated rings. The van der Waals surface area contributed by atoms with Crippen LogP contribution in [0.15, 0.2) is 64.4 Å². The number of ether oxygens (including phenoxy) is 3. The van der Waals surface area contributed by atoms with Crippen molar-refractivity contribution in [1.82, 2.24) is 0 Å². The molecule has 0 N–H and O–H groups in total. The number of sulfone groups is 1. The first-order chi connectivity index (χ1) is 13.8. The summed E-state index contributed by atoms with van der Waals surface area (Å²) in [4.78, 5) is 23.2. The molecule has 8 heteroatoms. The Morgan fingerprint density at radius 2 is 1.48 bits per heavy atom. The summed E-state index contributed by atoms with van der Waals surface area (Å²) in [7, 11) is -2.60. The SMILES string of the molecule is COc1cc(OC(C)=O)c2c(S(=O)(=O)c3ccccc3)cccc2c1OC(C)=O. The van der Waals surface area contributed by atoms with Gasteiger partial charge in [-0.25, -0.2) is 8.42 Å². The topological polar surface area (TPSA) is 96.0 Å². The smallest absolute Gasteiger partial charge is 0.308 e.